The van der Waals surface area contributed by atoms with Crippen LogP contribution in [-0.2, 0) is 4.57 Å². The fourth-order valence-corrected chi connectivity index (χ4v) is 2.25. The van der Waals surface area contributed by atoms with Crippen LogP contribution in [0.25, 0.3) is 0 Å². The average molecular weight is 345 g/mol. The fourth-order valence-electron chi connectivity index (χ4n) is 1.86. The number of carbonyl (C=O) groups is 1. The highest BCUT2D eigenvalue weighted by Gasteiger charge is 2.39. The quantitative estimate of drug-likeness (QED) is 0.335. The van der Waals surface area contributed by atoms with E-state index in [0.717, 1.165) is 13.2 Å². The normalized spacial score (nSPS) is 14.5. The summed E-state index contributed by atoms with van der Waals surface area (Å²) in [6, 6.07) is 6.87. The molecule has 130 valence electrons. The molecule has 0 saturated carbocycles. The van der Waals surface area contributed by atoms with Gasteiger partial charge in [0.1, 0.15) is 12.0 Å². The highest BCUT2D eigenvalue weighted by Crippen LogP contribution is 2.50. The van der Waals surface area contributed by atoms with Gasteiger partial charge < -0.3 is 24.5 Å². The van der Waals surface area contributed by atoms with Gasteiger partial charge in [-0.1, -0.05) is 12.1 Å². The third kappa shape index (κ3) is 6.81. The van der Waals surface area contributed by atoms with Crippen LogP contribution in [0.4, 0.5) is 0 Å². The van der Waals surface area contributed by atoms with Gasteiger partial charge in [0.2, 0.25) is 0 Å². The van der Waals surface area contributed by atoms with Crippen molar-refractivity contribution in [3.05, 3.63) is 29.8 Å². The van der Waals surface area contributed by atoms with Crippen LogP contribution in [0, 0.1) is 0 Å². The highest BCUT2D eigenvalue weighted by atomic mass is 31.2. The van der Waals surface area contributed by atoms with Gasteiger partial charge in [-0.2, -0.15) is 0 Å². The first-order valence-corrected chi connectivity index (χ1v) is 8.91. The molecule has 0 radical (unpaired) electrons. The Balaban J connectivity index is 2.27. The maximum absolute atomic E-state index is 11.1. The van der Waals surface area contributed by atoms with E-state index in [0.29, 0.717) is 37.4 Å². The molecule has 0 bridgehead atoms. The molecular weight excluding hydrogens is 321 g/mol. The number of hydrogen-bond donors (Lipinski definition) is 3. The summed E-state index contributed by atoms with van der Waals surface area (Å²) in [6.45, 7) is 2.62. The Kier molecular flexibility index (Phi) is 7.38. The minimum atomic E-state index is -4.53. The van der Waals surface area contributed by atoms with E-state index in [9.17, 15) is 14.5 Å². The first-order valence-electron chi connectivity index (χ1n) is 7.30. The lowest BCUT2D eigenvalue weighted by atomic mass is 10.2. The smallest absolute Gasteiger partial charge is 0.356 e. The van der Waals surface area contributed by atoms with Crippen molar-refractivity contribution < 1.29 is 29.0 Å². The summed E-state index contributed by atoms with van der Waals surface area (Å²) < 4.78 is 16.7. The van der Waals surface area contributed by atoms with E-state index in [1.165, 1.54) is 0 Å². The Bertz CT molecular complexity index is 557. The van der Waals surface area contributed by atoms with Gasteiger partial charge in [-0.15, -0.1) is 0 Å². The van der Waals surface area contributed by atoms with E-state index < -0.39 is 12.9 Å². The number of benzene rings is 1. The fraction of sp³-hybridized carbons (Fsp3) is 0.533. The van der Waals surface area contributed by atoms with Gasteiger partial charge in [0.05, 0.1) is 6.61 Å². The number of ether oxygens (including phenoxy) is 1. The average Bonchev–Trinajstić information content (AvgIpc) is 2.48. The number of aldehydes is 1. The molecule has 1 unspecified atom stereocenters. The molecule has 3 N–H and O–H groups in total. The number of nitrogens with zero attached hydrogens (tertiary/aromatic N) is 1. The molecule has 0 aromatic heterocycles. The maximum atomic E-state index is 11.1. The molecule has 0 aliphatic heterocycles. The number of hydrogen-bond acceptors (Lipinski definition) is 5. The molecule has 0 saturated heterocycles. The SMILES string of the molecule is CN(CCCOc1cccc(C=O)c1)CCC(C)(O)P(=O)(O)O. The van der Waals surface area contributed by atoms with Gasteiger partial charge in [0.25, 0.3) is 0 Å². The molecule has 1 aromatic rings. The van der Waals surface area contributed by atoms with Crippen LogP contribution < -0.4 is 4.74 Å². The molecule has 23 heavy (non-hydrogen) atoms. The predicted octanol–water partition coefficient (Wildman–Crippen LogP) is 1.48. The second-order valence-corrected chi connectivity index (χ2v) is 7.76. The second-order valence-electron chi connectivity index (χ2n) is 5.71. The van der Waals surface area contributed by atoms with Gasteiger partial charge in [-0.25, -0.2) is 0 Å². The molecule has 0 aliphatic rings. The zero-order valence-electron chi connectivity index (χ0n) is 13.4. The molecule has 1 aromatic carbocycles. The number of aliphatic hydroxyl groups is 1. The van der Waals surface area contributed by atoms with Crippen molar-refractivity contribution in [3.63, 3.8) is 0 Å². The third-order valence-corrected chi connectivity index (χ3v) is 5.02. The van der Waals surface area contributed by atoms with Crippen LogP contribution in [-0.4, -0.2) is 58.2 Å². The van der Waals surface area contributed by atoms with Gasteiger partial charge in [0.15, 0.2) is 5.34 Å². The third-order valence-electron chi connectivity index (χ3n) is 3.54. The molecule has 8 heteroatoms. The van der Waals surface area contributed by atoms with E-state index in [1.54, 1.807) is 24.3 Å². The predicted molar refractivity (Wildman–Crippen MR) is 86.7 cm³/mol. The summed E-state index contributed by atoms with van der Waals surface area (Å²) in [7, 11) is -2.72. The highest BCUT2D eigenvalue weighted by molar-refractivity contribution is 7.53. The number of carbonyl (C=O) groups excluding carboxylic acids is 1. The second kappa shape index (κ2) is 8.57. The zero-order chi connectivity index (χ0) is 17.5. The Morgan fingerprint density at radius 3 is 2.65 bits per heavy atom. The van der Waals surface area contributed by atoms with Gasteiger partial charge in [-0.05, 0) is 32.5 Å². The van der Waals surface area contributed by atoms with Crippen molar-refractivity contribution >= 4 is 13.9 Å². The van der Waals surface area contributed by atoms with Crippen molar-refractivity contribution in [3.8, 4) is 5.75 Å². The summed E-state index contributed by atoms with van der Waals surface area (Å²) in [6.07, 6.45) is 1.45. The molecule has 0 spiro atoms. The first kappa shape index (κ1) is 19.8. The molecular formula is C15H24NO6P. The van der Waals surface area contributed by atoms with Crippen molar-refractivity contribution in [2.45, 2.75) is 25.1 Å². The molecule has 1 atom stereocenters. The van der Waals surface area contributed by atoms with E-state index in [-0.39, 0.29) is 6.42 Å². The van der Waals surface area contributed by atoms with Crippen LogP contribution in [0.1, 0.15) is 30.1 Å². The van der Waals surface area contributed by atoms with E-state index in [4.69, 9.17) is 14.5 Å². The van der Waals surface area contributed by atoms with Gasteiger partial charge in [0, 0.05) is 25.1 Å². The lowest BCUT2D eigenvalue weighted by Gasteiger charge is -2.26. The Hall–Kier alpha value is -1.24. The summed E-state index contributed by atoms with van der Waals surface area (Å²) in [5, 5.41) is 7.72. The lowest BCUT2D eigenvalue weighted by molar-refractivity contribution is 0.0885. The van der Waals surface area contributed by atoms with Crippen LogP contribution in [0.3, 0.4) is 0 Å². The van der Waals surface area contributed by atoms with Crippen LogP contribution in [0.5, 0.6) is 5.75 Å². The molecule has 1 rings (SSSR count). The summed E-state index contributed by atoms with van der Waals surface area (Å²) in [4.78, 5) is 30.6. The first-order chi connectivity index (χ1) is 10.7. The summed E-state index contributed by atoms with van der Waals surface area (Å²) in [5.74, 6) is 0.627. The standard InChI is InChI=1S/C15H24NO6P/c1-15(18,23(19,20)21)7-9-16(2)8-4-10-22-14-6-3-5-13(11-14)12-17/h3,5-6,11-12,18H,4,7-10H2,1-2H3,(H2,19,20,21). The van der Waals surface area contributed by atoms with E-state index in [2.05, 4.69) is 0 Å². The molecule has 0 amide bonds. The van der Waals surface area contributed by atoms with Crippen LogP contribution >= 0.6 is 7.60 Å². The van der Waals surface area contributed by atoms with E-state index in [1.807, 2.05) is 11.9 Å². The largest absolute Gasteiger partial charge is 0.494 e. The van der Waals surface area contributed by atoms with Gasteiger partial charge >= 0.3 is 7.60 Å². The monoisotopic (exact) mass is 345 g/mol. The summed E-state index contributed by atoms with van der Waals surface area (Å²) in [5.41, 5.74) is 0.555. The van der Waals surface area contributed by atoms with Crippen molar-refractivity contribution in [2.75, 3.05) is 26.7 Å². The topological polar surface area (TPSA) is 107 Å². The Morgan fingerprint density at radius 1 is 1.35 bits per heavy atom. The molecule has 0 heterocycles. The van der Waals surface area contributed by atoms with Crippen LogP contribution in [0.15, 0.2) is 24.3 Å². The molecule has 0 fully saturated rings. The van der Waals surface area contributed by atoms with Crippen molar-refractivity contribution in [1.29, 1.82) is 0 Å². The molecule has 0 aliphatic carbocycles. The van der Waals surface area contributed by atoms with Crippen LogP contribution in [0.2, 0.25) is 0 Å². The zero-order valence-corrected chi connectivity index (χ0v) is 14.3. The molecule has 7 nitrogen and oxygen atoms in total. The van der Waals surface area contributed by atoms with Crippen molar-refractivity contribution in [2.24, 2.45) is 0 Å². The lowest BCUT2D eigenvalue weighted by Crippen LogP contribution is -2.31. The summed E-state index contributed by atoms with van der Waals surface area (Å²) >= 11 is 0. The minimum Gasteiger partial charge on any atom is -0.494 e. The minimum absolute atomic E-state index is 0.0178. The maximum Gasteiger partial charge on any atom is 0.356 e. The van der Waals surface area contributed by atoms with Crippen molar-refractivity contribution in [1.82, 2.24) is 4.90 Å². The Morgan fingerprint density at radius 2 is 2.04 bits per heavy atom. The number of rotatable bonds is 10. The van der Waals surface area contributed by atoms with E-state index >= 15 is 0 Å². The van der Waals surface area contributed by atoms with Gasteiger partial charge in [-0.3, -0.25) is 9.36 Å². The Labute approximate surface area is 136 Å².